The summed E-state index contributed by atoms with van der Waals surface area (Å²) in [6, 6.07) is 0. The molecular formula is C12H22ClN3S. The number of unbranched alkanes of at least 4 members (excludes halogenated alkanes) is 1. The Morgan fingerprint density at radius 1 is 1.41 bits per heavy atom. The highest BCUT2D eigenvalue weighted by atomic mass is 35.5. The van der Waals surface area contributed by atoms with Crippen LogP contribution in [0.1, 0.15) is 31.2 Å². The Balaban J connectivity index is 2.34. The van der Waals surface area contributed by atoms with E-state index in [0.717, 1.165) is 35.9 Å². The average Bonchev–Trinajstić information content (AvgIpc) is 2.60. The smallest absolute Gasteiger partial charge is 0.0863 e. The van der Waals surface area contributed by atoms with Gasteiger partial charge in [0, 0.05) is 13.6 Å². The zero-order chi connectivity index (χ0) is 12.7. The van der Waals surface area contributed by atoms with E-state index in [4.69, 9.17) is 11.6 Å². The van der Waals surface area contributed by atoms with Crippen molar-refractivity contribution in [2.24, 2.45) is 7.05 Å². The Morgan fingerprint density at radius 2 is 2.18 bits per heavy atom. The molecule has 0 amide bonds. The molecule has 1 rings (SSSR count). The van der Waals surface area contributed by atoms with Crippen molar-refractivity contribution < 1.29 is 0 Å². The summed E-state index contributed by atoms with van der Waals surface area (Å²) in [5.41, 5.74) is 2.08. The molecule has 0 unspecified atom stereocenters. The van der Waals surface area contributed by atoms with Crippen LogP contribution in [0.4, 0.5) is 0 Å². The molecule has 0 atom stereocenters. The predicted molar refractivity (Wildman–Crippen MR) is 76.9 cm³/mol. The minimum absolute atomic E-state index is 0.807. The van der Waals surface area contributed by atoms with Gasteiger partial charge in [-0.25, -0.2) is 0 Å². The number of rotatable bonds is 8. The lowest BCUT2D eigenvalue weighted by Crippen LogP contribution is -2.17. The lowest BCUT2D eigenvalue weighted by molar-refractivity contribution is 0.602. The highest BCUT2D eigenvalue weighted by molar-refractivity contribution is 7.98. The molecule has 0 aromatic carbocycles. The molecule has 17 heavy (non-hydrogen) atoms. The molecule has 0 aliphatic heterocycles. The summed E-state index contributed by atoms with van der Waals surface area (Å²) < 4.78 is 1.88. The van der Waals surface area contributed by atoms with Crippen LogP contribution in [0.5, 0.6) is 0 Å². The largest absolute Gasteiger partial charge is 0.311 e. The van der Waals surface area contributed by atoms with E-state index < -0.39 is 0 Å². The zero-order valence-corrected chi connectivity index (χ0v) is 12.5. The molecule has 1 N–H and O–H groups in total. The molecule has 0 spiro atoms. The summed E-state index contributed by atoms with van der Waals surface area (Å²) in [4.78, 5) is 0. The number of nitrogens with one attached hydrogen (secondary N) is 1. The van der Waals surface area contributed by atoms with Crippen molar-refractivity contribution in [1.82, 2.24) is 15.1 Å². The summed E-state index contributed by atoms with van der Waals surface area (Å²) >= 11 is 8.17. The number of halogens is 1. The second kappa shape index (κ2) is 8.01. The minimum Gasteiger partial charge on any atom is -0.311 e. The number of aromatic nitrogens is 2. The number of nitrogens with zero attached hydrogens (tertiary/aromatic N) is 2. The van der Waals surface area contributed by atoms with E-state index in [2.05, 4.69) is 23.6 Å². The van der Waals surface area contributed by atoms with Gasteiger partial charge in [-0.15, -0.1) is 0 Å². The standard InChI is InChI=1S/C12H22ClN3S/c1-4-10-12(13)11(16(2)15-10)9-14-7-5-6-8-17-3/h14H,4-9H2,1-3H3. The van der Waals surface area contributed by atoms with Crippen LogP contribution in [0.2, 0.25) is 5.02 Å². The van der Waals surface area contributed by atoms with Gasteiger partial charge < -0.3 is 5.32 Å². The highest BCUT2D eigenvalue weighted by Gasteiger charge is 2.11. The summed E-state index contributed by atoms with van der Waals surface area (Å²) in [6.45, 7) is 3.93. The first-order valence-corrected chi connectivity index (χ1v) is 7.87. The molecule has 98 valence electrons. The second-order valence-corrected chi connectivity index (χ2v) is 5.42. The zero-order valence-electron chi connectivity index (χ0n) is 10.9. The topological polar surface area (TPSA) is 29.9 Å². The maximum atomic E-state index is 6.27. The van der Waals surface area contributed by atoms with E-state index in [-0.39, 0.29) is 0 Å². The fourth-order valence-electron chi connectivity index (χ4n) is 1.72. The first-order valence-electron chi connectivity index (χ1n) is 6.10. The van der Waals surface area contributed by atoms with Crippen molar-refractivity contribution in [1.29, 1.82) is 0 Å². The number of hydrogen-bond acceptors (Lipinski definition) is 3. The van der Waals surface area contributed by atoms with E-state index in [9.17, 15) is 0 Å². The van der Waals surface area contributed by atoms with Crippen LogP contribution in [0.3, 0.4) is 0 Å². The molecule has 1 aromatic heterocycles. The van der Waals surface area contributed by atoms with E-state index in [0.29, 0.717) is 0 Å². The Bertz CT molecular complexity index is 339. The molecule has 0 bridgehead atoms. The Morgan fingerprint density at radius 3 is 2.76 bits per heavy atom. The van der Waals surface area contributed by atoms with Gasteiger partial charge in [0.25, 0.3) is 0 Å². The Kier molecular flexibility index (Phi) is 7.00. The monoisotopic (exact) mass is 275 g/mol. The van der Waals surface area contributed by atoms with Crippen molar-refractivity contribution >= 4 is 23.4 Å². The average molecular weight is 276 g/mol. The van der Waals surface area contributed by atoms with Crippen molar-refractivity contribution in [3.05, 3.63) is 16.4 Å². The third-order valence-electron chi connectivity index (χ3n) is 2.75. The fraction of sp³-hybridized carbons (Fsp3) is 0.750. The lowest BCUT2D eigenvalue weighted by Gasteiger charge is -2.05. The van der Waals surface area contributed by atoms with Gasteiger partial charge in [0.05, 0.1) is 16.4 Å². The molecule has 0 saturated carbocycles. The van der Waals surface area contributed by atoms with E-state index in [1.54, 1.807) is 0 Å². The molecule has 0 radical (unpaired) electrons. The third-order valence-corrected chi connectivity index (χ3v) is 3.88. The van der Waals surface area contributed by atoms with Crippen LogP contribution >= 0.6 is 23.4 Å². The van der Waals surface area contributed by atoms with Crippen LogP contribution in [-0.4, -0.2) is 28.3 Å². The predicted octanol–water partition coefficient (Wildman–Crippen LogP) is 2.87. The lowest BCUT2D eigenvalue weighted by atomic mass is 10.3. The van der Waals surface area contributed by atoms with Crippen molar-refractivity contribution in [2.75, 3.05) is 18.6 Å². The summed E-state index contributed by atoms with van der Waals surface area (Å²) in [5, 5.41) is 8.65. The Hall–Kier alpha value is -0.190. The van der Waals surface area contributed by atoms with E-state index in [1.807, 2.05) is 23.5 Å². The fourth-order valence-corrected chi connectivity index (χ4v) is 2.57. The SMILES string of the molecule is CCc1nn(C)c(CNCCCCSC)c1Cl. The quantitative estimate of drug-likeness (QED) is 0.740. The molecule has 1 aromatic rings. The number of hydrogen-bond donors (Lipinski definition) is 1. The minimum atomic E-state index is 0.807. The molecule has 1 heterocycles. The van der Waals surface area contributed by atoms with Gasteiger partial charge in [-0.3, -0.25) is 4.68 Å². The summed E-state index contributed by atoms with van der Waals surface area (Å²) in [5.74, 6) is 1.24. The molecule has 3 nitrogen and oxygen atoms in total. The van der Waals surface area contributed by atoms with Gasteiger partial charge in [-0.2, -0.15) is 16.9 Å². The van der Waals surface area contributed by atoms with Gasteiger partial charge in [-0.1, -0.05) is 18.5 Å². The van der Waals surface area contributed by atoms with Crippen molar-refractivity contribution in [2.45, 2.75) is 32.7 Å². The van der Waals surface area contributed by atoms with Crippen molar-refractivity contribution in [3.8, 4) is 0 Å². The van der Waals surface area contributed by atoms with Gasteiger partial charge >= 0.3 is 0 Å². The number of thioether (sulfide) groups is 1. The van der Waals surface area contributed by atoms with Gasteiger partial charge in [0.15, 0.2) is 0 Å². The molecule has 0 fully saturated rings. The Labute approximate surface area is 113 Å². The second-order valence-electron chi connectivity index (χ2n) is 4.06. The van der Waals surface area contributed by atoms with E-state index in [1.165, 1.54) is 18.6 Å². The molecule has 0 saturated heterocycles. The van der Waals surface area contributed by atoms with Crippen LogP contribution in [0.25, 0.3) is 0 Å². The van der Waals surface area contributed by atoms with Gasteiger partial charge in [0.1, 0.15) is 0 Å². The summed E-state index contributed by atoms with van der Waals surface area (Å²) in [6.07, 6.45) is 5.53. The van der Waals surface area contributed by atoms with Crippen LogP contribution in [0.15, 0.2) is 0 Å². The maximum absolute atomic E-state index is 6.27. The third kappa shape index (κ3) is 4.53. The first kappa shape index (κ1) is 14.9. The molecule has 0 aliphatic carbocycles. The van der Waals surface area contributed by atoms with E-state index >= 15 is 0 Å². The normalized spacial score (nSPS) is 11.1. The van der Waals surface area contributed by atoms with Crippen LogP contribution in [0, 0.1) is 0 Å². The number of aryl methyl sites for hydroxylation is 2. The maximum Gasteiger partial charge on any atom is 0.0863 e. The molecular weight excluding hydrogens is 254 g/mol. The highest BCUT2D eigenvalue weighted by Crippen LogP contribution is 2.20. The van der Waals surface area contributed by atoms with Gasteiger partial charge in [0.2, 0.25) is 0 Å². The van der Waals surface area contributed by atoms with Crippen LogP contribution < -0.4 is 5.32 Å². The molecule has 0 aliphatic rings. The van der Waals surface area contributed by atoms with Gasteiger partial charge in [-0.05, 0) is 37.8 Å². The first-order chi connectivity index (χ1) is 8.20. The van der Waals surface area contributed by atoms with Crippen LogP contribution in [-0.2, 0) is 20.0 Å². The molecule has 5 heteroatoms. The van der Waals surface area contributed by atoms with Crippen molar-refractivity contribution in [3.63, 3.8) is 0 Å². The summed E-state index contributed by atoms with van der Waals surface area (Å²) in [7, 11) is 1.95.